The first kappa shape index (κ1) is 18.3. The molecule has 3 rings (SSSR count). The van der Waals surface area contributed by atoms with Crippen LogP contribution in [0.2, 0.25) is 0 Å². The van der Waals surface area contributed by atoms with Gasteiger partial charge in [0.05, 0.1) is 0 Å². The van der Waals surface area contributed by atoms with Crippen LogP contribution >= 0.6 is 0 Å². The number of carbonyl (C=O) groups is 1. The number of aryl methyl sites for hydroxylation is 2. The van der Waals surface area contributed by atoms with E-state index in [1.807, 2.05) is 43.0 Å². The number of hydrogen-bond acceptors (Lipinski definition) is 6. The molecule has 3 heterocycles. The second kappa shape index (κ2) is 8.23. The van der Waals surface area contributed by atoms with E-state index in [0.717, 1.165) is 36.5 Å². The Bertz CT molecular complexity index is 760. The number of ether oxygens (including phenoxy) is 1. The molecule has 0 saturated carbocycles. The Morgan fingerprint density at radius 2 is 2.04 bits per heavy atom. The van der Waals surface area contributed by atoms with E-state index in [2.05, 4.69) is 15.3 Å². The summed E-state index contributed by atoms with van der Waals surface area (Å²) in [5.74, 6) is 1.53. The molecule has 1 saturated heterocycles. The minimum absolute atomic E-state index is 0.0371. The van der Waals surface area contributed by atoms with Crippen molar-refractivity contribution in [1.82, 2.24) is 19.9 Å². The first-order valence-corrected chi connectivity index (χ1v) is 8.88. The average molecular weight is 355 g/mol. The Balaban J connectivity index is 1.73. The molecule has 7 nitrogen and oxygen atoms in total. The summed E-state index contributed by atoms with van der Waals surface area (Å²) in [6, 6.07) is 7.83. The van der Waals surface area contributed by atoms with Crippen LogP contribution in [0.4, 0.5) is 11.8 Å². The van der Waals surface area contributed by atoms with Crippen molar-refractivity contribution in [2.24, 2.45) is 0 Å². The third-order valence-electron chi connectivity index (χ3n) is 4.45. The molecule has 1 unspecified atom stereocenters. The van der Waals surface area contributed by atoms with E-state index in [1.54, 1.807) is 7.11 Å². The zero-order valence-corrected chi connectivity index (χ0v) is 15.5. The minimum Gasteiger partial charge on any atom is -0.375 e. The van der Waals surface area contributed by atoms with Crippen LogP contribution < -0.4 is 5.32 Å². The monoisotopic (exact) mass is 355 g/mol. The number of methoxy groups -OCH3 is 1. The van der Waals surface area contributed by atoms with E-state index in [0.29, 0.717) is 18.3 Å². The van der Waals surface area contributed by atoms with E-state index >= 15 is 0 Å². The van der Waals surface area contributed by atoms with Crippen molar-refractivity contribution < 1.29 is 9.53 Å². The quantitative estimate of drug-likeness (QED) is 0.888. The van der Waals surface area contributed by atoms with Gasteiger partial charge in [0, 0.05) is 43.2 Å². The van der Waals surface area contributed by atoms with Crippen LogP contribution in [-0.4, -0.2) is 52.6 Å². The van der Waals surface area contributed by atoms with E-state index in [1.165, 1.54) is 0 Å². The molecule has 0 aliphatic carbocycles. The summed E-state index contributed by atoms with van der Waals surface area (Å²) in [5.41, 5.74) is 2.81. The zero-order chi connectivity index (χ0) is 18.5. The van der Waals surface area contributed by atoms with Crippen molar-refractivity contribution in [3.63, 3.8) is 0 Å². The van der Waals surface area contributed by atoms with Crippen LogP contribution in [0.5, 0.6) is 0 Å². The molecule has 0 aromatic carbocycles. The van der Waals surface area contributed by atoms with Gasteiger partial charge in [-0.15, -0.1) is 0 Å². The van der Waals surface area contributed by atoms with Gasteiger partial charge in [0.1, 0.15) is 12.4 Å². The standard InChI is InChI=1S/C19H25N5O2/c1-13-10-14(2)21-19(20-13)23-17-8-4-7-16(22-17)15-6-5-9-24(11-15)18(25)12-26-3/h4,7-8,10,15H,5-6,9,11-12H2,1-3H3,(H,20,21,22,23). The number of piperidine rings is 1. The molecule has 1 N–H and O–H groups in total. The highest BCUT2D eigenvalue weighted by molar-refractivity contribution is 5.77. The molecule has 1 aliphatic rings. The van der Waals surface area contributed by atoms with Gasteiger partial charge in [0.25, 0.3) is 0 Å². The smallest absolute Gasteiger partial charge is 0.248 e. The molecule has 1 atom stereocenters. The number of carbonyl (C=O) groups excluding carboxylic acids is 1. The van der Waals surface area contributed by atoms with Crippen molar-refractivity contribution in [2.45, 2.75) is 32.6 Å². The number of amides is 1. The highest BCUT2D eigenvalue weighted by atomic mass is 16.5. The number of pyridine rings is 1. The van der Waals surface area contributed by atoms with Gasteiger partial charge in [-0.1, -0.05) is 6.07 Å². The summed E-state index contributed by atoms with van der Waals surface area (Å²) in [4.78, 5) is 27.5. The molecule has 2 aromatic rings. The number of anilines is 2. The molecule has 1 amide bonds. The van der Waals surface area contributed by atoms with E-state index in [9.17, 15) is 4.79 Å². The molecular weight excluding hydrogens is 330 g/mol. The topological polar surface area (TPSA) is 80.2 Å². The predicted octanol–water partition coefficient (Wildman–Crippen LogP) is 2.58. The number of hydrogen-bond donors (Lipinski definition) is 1. The second-order valence-corrected chi connectivity index (χ2v) is 6.66. The van der Waals surface area contributed by atoms with Crippen molar-refractivity contribution in [2.75, 3.05) is 32.1 Å². The summed E-state index contributed by atoms with van der Waals surface area (Å²) < 4.78 is 4.97. The summed E-state index contributed by atoms with van der Waals surface area (Å²) in [7, 11) is 1.55. The summed E-state index contributed by atoms with van der Waals surface area (Å²) in [5, 5.41) is 3.19. The predicted molar refractivity (Wildman–Crippen MR) is 99.5 cm³/mol. The Morgan fingerprint density at radius 3 is 2.77 bits per heavy atom. The van der Waals surface area contributed by atoms with Gasteiger partial charge >= 0.3 is 0 Å². The van der Waals surface area contributed by atoms with Gasteiger partial charge in [0.2, 0.25) is 11.9 Å². The van der Waals surface area contributed by atoms with E-state index in [-0.39, 0.29) is 18.4 Å². The largest absolute Gasteiger partial charge is 0.375 e. The van der Waals surface area contributed by atoms with Crippen molar-refractivity contribution in [3.8, 4) is 0 Å². The van der Waals surface area contributed by atoms with Gasteiger partial charge < -0.3 is 15.0 Å². The fourth-order valence-electron chi connectivity index (χ4n) is 3.30. The molecule has 138 valence electrons. The lowest BCUT2D eigenvalue weighted by atomic mass is 9.94. The van der Waals surface area contributed by atoms with Crippen molar-refractivity contribution in [3.05, 3.63) is 41.3 Å². The van der Waals surface area contributed by atoms with Gasteiger partial charge in [0.15, 0.2) is 0 Å². The molecule has 26 heavy (non-hydrogen) atoms. The average Bonchev–Trinajstić information content (AvgIpc) is 2.61. The molecule has 0 spiro atoms. The highest BCUT2D eigenvalue weighted by Gasteiger charge is 2.25. The fourth-order valence-corrected chi connectivity index (χ4v) is 3.30. The maximum Gasteiger partial charge on any atom is 0.248 e. The van der Waals surface area contributed by atoms with E-state index < -0.39 is 0 Å². The molecule has 2 aromatic heterocycles. The second-order valence-electron chi connectivity index (χ2n) is 6.66. The lowest BCUT2D eigenvalue weighted by Crippen LogP contribution is -2.41. The molecular formula is C19H25N5O2. The third kappa shape index (κ3) is 4.54. The van der Waals surface area contributed by atoms with Crippen molar-refractivity contribution >= 4 is 17.7 Å². The molecule has 1 fully saturated rings. The highest BCUT2D eigenvalue weighted by Crippen LogP contribution is 2.27. The maximum atomic E-state index is 12.1. The Morgan fingerprint density at radius 1 is 1.27 bits per heavy atom. The van der Waals surface area contributed by atoms with Crippen molar-refractivity contribution in [1.29, 1.82) is 0 Å². The Kier molecular flexibility index (Phi) is 5.78. The molecule has 0 bridgehead atoms. The van der Waals surface area contributed by atoms with Gasteiger partial charge in [-0.3, -0.25) is 4.79 Å². The van der Waals surface area contributed by atoms with Gasteiger partial charge in [-0.25, -0.2) is 15.0 Å². The lowest BCUT2D eigenvalue weighted by Gasteiger charge is -2.32. The summed E-state index contributed by atoms with van der Waals surface area (Å²) >= 11 is 0. The third-order valence-corrected chi connectivity index (χ3v) is 4.45. The molecule has 7 heteroatoms. The maximum absolute atomic E-state index is 12.1. The van der Waals surface area contributed by atoms with Crippen LogP contribution in [-0.2, 0) is 9.53 Å². The van der Waals surface area contributed by atoms with Gasteiger partial charge in [-0.2, -0.15) is 0 Å². The van der Waals surface area contributed by atoms with E-state index in [4.69, 9.17) is 9.72 Å². The number of nitrogens with zero attached hydrogens (tertiary/aromatic N) is 4. The number of nitrogens with one attached hydrogen (secondary N) is 1. The number of likely N-dealkylation sites (tertiary alicyclic amines) is 1. The lowest BCUT2D eigenvalue weighted by molar-refractivity contribution is -0.136. The summed E-state index contributed by atoms with van der Waals surface area (Å²) in [6.45, 7) is 5.48. The van der Waals surface area contributed by atoms with Crippen LogP contribution in [0, 0.1) is 13.8 Å². The SMILES string of the molecule is COCC(=O)N1CCCC(c2cccc(Nc3nc(C)cc(C)n3)n2)C1. The van der Waals surface area contributed by atoms with Crippen LogP contribution in [0.25, 0.3) is 0 Å². The normalized spacial score (nSPS) is 17.2. The molecule has 1 aliphatic heterocycles. The Hall–Kier alpha value is -2.54. The van der Waals surface area contributed by atoms with Crippen LogP contribution in [0.15, 0.2) is 24.3 Å². The Labute approximate surface area is 153 Å². The summed E-state index contributed by atoms with van der Waals surface area (Å²) in [6.07, 6.45) is 1.99. The first-order valence-electron chi connectivity index (χ1n) is 8.88. The minimum atomic E-state index is 0.0371. The van der Waals surface area contributed by atoms with Crippen LogP contribution in [0.1, 0.15) is 35.8 Å². The fraction of sp³-hybridized carbons (Fsp3) is 0.474. The zero-order valence-electron chi connectivity index (χ0n) is 15.5. The van der Waals surface area contributed by atoms with Gasteiger partial charge in [-0.05, 0) is 44.9 Å². The first-order chi connectivity index (χ1) is 12.5. The number of rotatable bonds is 5. The number of aromatic nitrogens is 3. The molecule has 0 radical (unpaired) electrons. The van der Waals surface area contributed by atoms with Crippen LogP contribution in [0.3, 0.4) is 0 Å².